The van der Waals surface area contributed by atoms with Crippen LogP contribution in [0.2, 0.25) is 0 Å². The molecule has 1 unspecified atom stereocenters. The zero-order valence-corrected chi connectivity index (χ0v) is 13.0. The highest BCUT2D eigenvalue weighted by Crippen LogP contribution is 2.22. The van der Waals surface area contributed by atoms with Gasteiger partial charge in [0.1, 0.15) is 0 Å². The van der Waals surface area contributed by atoms with Crippen LogP contribution in [-0.4, -0.2) is 35.5 Å². The number of benzene rings is 1. The molecule has 0 spiro atoms. The third kappa shape index (κ3) is 4.29. The molecular formula is C17H26N2O2. The summed E-state index contributed by atoms with van der Waals surface area (Å²) >= 11 is 0. The highest BCUT2D eigenvalue weighted by molar-refractivity contribution is 5.76. The summed E-state index contributed by atoms with van der Waals surface area (Å²) in [4.78, 5) is 13.4. The Morgan fingerprint density at radius 1 is 1.33 bits per heavy atom. The first-order valence-electron chi connectivity index (χ1n) is 7.74. The lowest BCUT2D eigenvalue weighted by Crippen LogP contribution is -2.39. The van der Waals surface area contributed by atoms with Gasteiger partial charge in [-0.2, -0.15) is 0 Å². The molecule has 4 heteroatoms. The Bertz CT molecular complexity index is 494. The average molecular weight is 290 g/mol. The van der Waals surface area contributed by atoms with Crippen LogP contribution in [0, 0.1) is 19.8 Å². The summed E-state index contributed by atoms with van der Waals surface area (Å²) in [6.07, 6.45) is 1.99. The number of carbonyl (C=O) groups excluding carboxylic acids is 1. The fourth-order valence-corrected chi connectivity index (χ4v) is 2.88. The molecule has 1 heterocycles. The largest absolute Gasteiger partial charge is 0.388 e. The number of amides is 1. The van der Waals surface area contributed by atoms with Crippen molar-refractivity contribution >= 4 is 5.91 Å². The van der Waals surface area contributed by atoms with Gasteiger partial charge in [-0.25, -0.2) is 0 Å². The fourth-order valence-electron chi connectivity index (χ4n) is 2.88. The molecule has 116 valence electrons. The number of nitrogens with zero attached hydrogens (tertiary/aromatic N) is 1. The molecule has 1 aliphatic rings. The number of primary amides is 1. The van der Waals surface area contributed by atoms with E-state index in [4.69, 9.17) is 5.73 Å². The monoisotopic (exact) mass is 290 g/mol. The highest BCUT2D eigenvalue weighted by Gasteiger charge is 2.23. The molecule has 0 radical (unpaired) electrons. The molecule has 4 nitrogen and oxygen atoms in total. The van der Waals surface area contributed by atoms with Gasteiger partial charge in [-0.15, -0.1) is 0 Å². The van der Waals surface area contributed by atoms with Gasteiger partial charge in [-0.3, -0.25) is 4.79 Å². The summed E-state index contributed by atoms with van der Waals surface area (Å²) in [5, 5.41) is 10.3. The quantitative estimate of drug-likeness (QED) is 0.870. The van der Waals surface area contributed by atoms with E-state index in [0.29, 0.717) is 0 Å². The number of carbonyl (C=O) groups is 1. The Labute approximate surface area is 126 Å². The number of nitrogens with two attached hydrogens (primary N) is 1. The van der Waals surface area contributed by atoms with E-state index in [-0.39, 0.29) is 11.8 Å². The maximum Gasteiger partial charge on any atom is 0.220 e. The molecule has 0 saturated carbocycles. The molecule has 0 aromatic heterocycles. The van der Waals surface area contributed by atoms with Gasteiger partial charge < -0.3 is 15.7 Å². The number of rotatable bonds is 5. The molecule has 21 heavy (non-hydrogen) atoms. The minimum atomic E-state index is -0.418. The van der Waals surface area contributed by atoms with E-state index in [9.17, 15) is 9.90 Å². The van der Waals surface area contributed by atoms with Gasteiger partial charge in [0.25, 0.3) is 0 Å². The summed E-state index contributed by atoms with van der Waals surface area (Å²) in [5.74, 6) is -0.143. The van der Waals surface area contributed by atoms with Gasteiger partial charge in [0.05, 0.1) is 6.10 Å². The zero-order chi connectivity index (χ0) is 15.4. The third-order valence-corrected chi connectivity index (χ3v) is 4.62. The lowest BCUT2D eigenvalue weighted by atomic mass is 9.95. The van der Waals surface area contributed by atoms with E-state index >= 15 is 0 Å². The van der Waals surface area contributed by atoms with Crippen LogP contribution < -0.4 is 5.73 Å². The molecular weight excluding hydrogens is 264 g/mol. The second-order valence-corrected chi connectivity index (χ2v) is 6.17. The number of aliphatic hydroxyl groups is 1. The predicted octanol–water partition coefficient (Wildman–Crippen LogP) is 1.92. The number of likely N-dealkylation sites (tertiary alicyclic amines) is 1. The van der Waals surface area contributed by atoms with Crippen LogP contribution in [0.5, 0.6) is 0 Å². The molecule has 1 aliphatic heterocycles. The Kier molecular flexibility index (Phi) is 5.37. The Morgan fingerprint density at radius 2 is 2.00 bits per heavy atom. The second-order valence-electron chi connectivity index (χ2n) is 6.17. The first-order chi connectivity index (χ1) is 9.97. The first kappa shape index (κ1) is 16.0. The van der Waals surface area contributed by atoms with Crippen molar-refractivity contribution in [1.82, 2.24) is 4.90 Å². The second kappa shape index (κ2) is 7.05. The van der Waals surface area contributed by atoms with E-state index in [1.807, 2.05) is 6.07 Å². The fraction of sp³-hybridized carbons (Fsp3) is 0.588. The number of hydrogen-bond donors (Lipinski definition) is 2. The van der Waals surface area contributed by atoms with Gasteiger partial charge in [0, 0.05) is 12.5 Å². The third-order valence-electron chi connectivity index (χ3n) is 4.62. The SMILES string of the molecule is Cc1ccc(C(O)CCN2CCC(C(N)=O)CC2)cc1C. The molecule has 1 aromatic rings. The van der Waals surface area contributed by atoms with Crippen molar-refractivity contribution in [3.63, 3.8) is 0 Å². The molecule has 2 rings (SSSR count). The van der Waals surface area contributed by atoms with Gasteiger partial charge in [-0.1, -0.05) is 18.2 Å². The Hall–Kier alpha value is -1.39. The van der Waals surface area contributed by atoms with Crippen molar-refractivity contribution in [1.29, 1.82) is 0 Å². The highest BCUT2D eigenvalue weighted by atomic mass is 16.3. The van der Waals surface area contributed by atoms with Crippen molar-refractivity contribution < 1.29 is 9.90 Å². The Morgan fingerprint density at radius 3 is 2.57 bits per heavy atom. The minimum absolute atomic E-state index is 0.0333. The minimum Gasteiger partial charge on any atom is -0.388 e. The standard InChI is InChI=1S/C17H26N2O2/c1-12-3-4-15(11-13(12)2)16(20)7-10-19-8-5-14(6-9-19)17(18)21/h3-4,11,14,16,20H,5-10H2,1-2H3,(H2,18,21). The zero-order valence-electron chi connectivity index (χ0n) is 13.0. The maximum absolute atomic E-state index is 11.1. The van der Waals surface area contributed by atoms with Crippen molar-refractivity contribution in [2.75, 3.05) is 19.6 Å². The molecule has 3 N–H and O–H groups in total. The van der Waals surface area contributed by atoms with Crippen LogP contribution in [0.1, 0.15) is 42.1 Å². The van der Waals surface area contributed by atoms with Gasteiger partial charge in [-0.05, 0) is 62.9 Å². The average Bonchev–Trinajstić information content (AvgIpc) is 2.48. The van der Waals surface area contributed by atoms with E-state index in [1.165, 1.54) is 11.1 Å². The van der Waals surface area contributed by atoms with Gasteiger partial charge in [0.2, 0.25) is 5.91 Å². The summed E-state index contributed by atoms with van der Waals surface area (Å²) in [6.45, 7) is 6.80. The molecule has 0 aliphatic carbocycles. The van der Waals surface area contributed by atoms with Crippen LogP contribution in [0.25, 0.3) is 0 Å². The smallest absolute Gasteiger partial charge is 0.220 e. The maximum atomic E-state index is 11.1. The summed E-state index contributed by atoms with van der Waals surface area (Å²) in [5.41, 5.74) is 8.80. The first-order valence-corrected chi connectivity index (χ1v) is 7.74. The predicted molar refractivity (Wildman–Crippen MR) is 83.9 cm³/mol. The van der Waals surface area contributed by atoms with Gasteiger partial charge in [0.15, 0.2) is 0 Å². The molecule has 1 fully saturated rings. The molecule has 1 atom stereocenters. The van der Waals surface area contributed by atoms with Crippen LogP contribution in [0.15, 0.2) is 18.2 Å². The van der Waals surface area contributed by atoms with Crippen LogP contribution in [0.3, 0.4) is 0 Å². The van der Waals surface area contributed by atoms with E-state index in [2.05, 4.69) is 30.9 Å². The molecule has 1 amide bonds. The van der Waals surface area contributed by atoms with E-state index in [0.717, 1.165) is 44.5 Å². The number of hydrogen-bond acceptors (Lipinski definition) is 3. The Balaban J connectivity index is 1.80. The van der Waals surface area contributed by atoms with Crippen molar-refractivity contribution in [3.05, 3.63) is 34.9 Å². The molecule has 1 saturated heterocycles. The lowest BCUT2D eigenvalue weighted by molar-refractivity contribution is -0.123. The topological polar surface area (TPSA) is 66.6 Å². The van der Waals surface area contributed by atoms with Crippen molar-refractivity contribution in [2.45, 2.75) is 39.2 Å². The number of piperidine rings is 1. The van der Waals surface area contributed by atoms with Crippen molar-refractivity contribution in [2.24, 2.45) is 11.7 Å². The van der Waals surface area contributed by atoms with E-state index < -0.39 is 6.10 Å². The number of aryl methyl sites for hydroxylation is 2. The van der Waals surface area contributed by atoms with Crippen LogP contribution in [0.4, 0.5) is 0 Å². The van der Waals surface area contributed by atoms with E-state index in [1.54, 1.807) is 0 Å². The van der Waals surface area contributed by atoms with Crippen molar-refractivity contribution in [3.8, 4) is 0 Å². The van der Waals surface area contributed by atoms with Crippen LogP contribution >= 0.6 is 0 Å². The number of aliphatic hydroxyl groups excluding tert-OH is 1. The molecule has 1 aromatic carbocycles. The summed E-state index contributed by atoms with van der Waals surface area (Å²) in [7, 11) is 0. The van der Waals surface area contributed by atoms with Gasteiger partial charge >= 0.3 is 0 Å². The molecule has 0 bridgehead atoms. The normalized spacial score (nSPS) is 18.6. The van der Waals surface area contributed by atoms with Crippen LogP contribution in [-0.2, 0) is 4.79 Å². The lowest BCUT2D eigenvalue weighted by Gasteiger charge is -2.31. The summed E-state index contributed by atoms with van der Waals surface area (Å²) < 4.78 is 0. The summed E-state index contributed by atoms with van der Waals surface area (Å²) in [6, 6.07) is 6.14.